The molecule has 0 radical (unpaired) electrons. The van der Waals surface area contributed by atoms with E-state index in [9.17, 15) is 9.59 Å². The van der Waals surface area contributed by atoms with Gasteiger partial charge in [-0.3, -0.25) is 9.59 Å². The van der Waals surface area contributed by atoms with Gasteiger partial charge in [-0.1, -0.05) is 13.8 Å². The van der Waals surface area contributed by atoms with Crippen molar-refractivity contribution in [1.29, 1.82) is 0 Å². The zero-order valence-electron chi connectivity index (χ0n) is 17.1. The van der Waals surface area contributed by atoms with Crippen LogP contribution in [0.25, 0.3) is 0 Å². The third kappa shape index (κ3) is 4.82. The summed E-state index contributed by atoms with van der Waals surface area (Å²) >= 11 is 0. The fraction of sp³-hybridized carbons (Fsp3) is 0.636. The van der Waals surface area contributed by atoms with E-state index in [0.717, 1.165) is 55.5 Å². The number of carbonyl (C=O) groups excluding carboxylic acids is 2. The lowest BCUT2D eigenvalue weighted by Crippen LogP contribution is -2.37. The second-order valence-corrected chi connectivity index (χ2v) is 8.21. The zero-order chi connectivity index (χ0) is 19.6. The van der Waals surface area contributed by atoms with Crippen molar-refractivity contribution in [2.24, 2.45) is 11.8 Å². The third-order valence-corrected chi connectivity index (χ3v) is 5.72. The molecule has 0 aromatic heterocycles. The number of hydrogen-bond acceptors (Lipinski definition) is 3. The van der Waals surface area contributed by atoms with Crippen LogP contribution >= 0.6 is 0 Å². The Hall–Kier alpha value is -2.04. The minimum atomic E-state index is 0.103. The quantitative estimate of drug-likeness (QED) is 0.713. The summed E-state index contributed by atoms with van der Waals surface area (Å²) in [6.07, 6.45) is 5.96. The highest BCUT2D eigenvalue weighted by atomic mass is 16.2. The zero-order valence-corrected chi connectivity index (χ0v) is 17.1. The molecule has 1 aromatic rings. The topological polar surface area (TPSA) is 52.7 Å². The second-order valence-electron chi connectivity index (χ2n) is 8.21. The van der Waals surface area contributed by atoms with Crippen LogP contribution in [-0.4, -0.2) is 36.9 Å². The summed E-state index contributed by atoms with van der Waals surface area (Å²) < 4.78 is 0. The lowest BCUT2D eigenvalue weighted by Gasteiger charge is -2.29. The lowest BCUT2D eigenvalue weighted by atomic mass is 10.0. The Kier molecular flexibility index (Phi) is 6.08. The Labute approximate surface area is 163 Å². The summed E-state index contributed by atoms with van der Waals surface area (Å²) in [6, 6.07) is 6.43. The van der Waals surface area contributed by atoms with E-state index >= 15 is 0 Å². The summed E-state index contributed by atoms with van der Waals surface area (Å²) in [4.78, 5) is 29.4. The number of amides is 2. The van der Waals surface area contributed by atoms with E-state index in [0.29, 0.717) is 12.6 Å². The first-order valence-electron chi connectivity index (χ1n) is 10.4. The van der Waals surface area contributed by atoms with E-state index in [1.54, 1.807) is 0 Å². The molecule has 2 fully saturated rings. The Morgan fingerprint density at radius 2 is 1.78 bits per heavy atom. The molecule has 1 N–H and O–H groups in total. The number of carbonyl (C=O) groups is 2. The molecule has 2 amide bonds. The van der Waals surface area contributed by atoms with Crippen LogP contribution in [0.15, 0.2) is 18.2 Å². The molecule has 5 nitrogen and oxygen atoms in total. The van der Waals surface area contributed by atoms with Crippen molar-refractivity contribution in [2.45, 2.75) is 65.0 Å². The van der Waals surface area contributed by atoms with Gasteiger partial charge in [0.2, 0.25) is 11.8 Å². The molecule has 3 rings (SSSR count). The fourth-order valence-corrected chi connectivity index (χ4v) is 3.65. The number of hydrogen-bond donors (Lipinski definition) is 1. The highest BCUT2D eigenvalue weighted by molar-refractivity contribution is 5.94. The maximum atomic E-state index is 13.1. The van der Waals surface area contributed by atoms with Crippen molar-refractivity contribution >= 4 is 23.2 Å². The first-order chi connectivity index (χ1) is 12.9. The molecule has 0 atom stereocenters. The molecule has 0 spiro atoms. The van der Waals surface area contributed by atoms with Gasteiger partial charge in [0.05, 0.1) is 0 Å². The fourth-order valence-electron chi connectivity index (χ4n) is 3.65. The van der Waals surface area contributed by atoms with Gasteiger partial charge in [0.15, 0.2) is 0 Å². The van der Waals surface area contributed by atoms with E-state index in [1.807, 2.05) is 32.3 Å². The van der Waals surface area contributed by atoms with Crippen molar-refractivity contribution in [3.8, 4) is 0 Å². The molecule has 1 aromatic carbocycles. The normalized spacial score (nSPS) is 16.3. The SMILES string of the molecule is CCC(CC)C(=O)N(Cc1cc(NC(=O)C2CC2)ccc1N(C)C)C1CC1. The van der Waals surface area contributed by atoms with Crippen LogP contribution in [0, 0.1) is 11.8 Å². The highest BCUT2D eigenvalue weighted by Crippen LogP contribution is 2.34. The van der Waals surface area contributed by atoms with E-state index in [-0.39, 0.29) is 23.7 Å². The van der Waals surface area contributed by atoms with Gasteiger partial charge in [0.25, 0.3) is 0 Å². The van der Waals surface area contributed by atoms with Gasteiger partial charge in [-0.15, -0.1) is 0 Å². The number of anilines is 2. The van der Waals surface area contributed by atoms with Gasteiger partial charge in [0, 0.05) is 49.9 Å². The summed E-state index contributed by atoms with van der Waals surface area (Å²) in [5.41, 5.74) is 3.03. The van der Waals surface area contributed by atoms with Crippen molar-refractivity contribution in [3.63, 3.8) is 0 Å². The number of benzene rings is 1. The first kappa shape index (κ1) is 19.7. The van der Waals surface area contributed by atoms with Crippen LogP contribution in [-0.2, 0) is 16.1 Å². The summed E-state index contributed by atoms with van der Waals surface area (Å²) in [6.45, 7) is 4.80. The Morgan fingerprint density at radius 1 is 1.11 bits per heavy atom. The molecule has 0 bridgehead atoms. The molecule has 2 aliphatic carbocycles. The number of rotatable bonds is 9. The first-order valence-corrected chi connectivity index (χ1v) is 10.4. The maximum Gasteiger partial charge on any atom is 0.227 e. The van der Waals surface area contributed by atoms with Gasteiger partial charge in [-0.25, -0.2) is 0 Å². The summed E-state index contributed by atoms with van der Waals surface area (Å²) in [7, 11) is 4.04. The van der Waals surface area contributed by atoms with Crippen LogP contribution in [0.2, 0.25) is 0 Å². The predicted octanol–water partition coefficient (Wildman–Crippen LogP) is 4.03. The highest BCUT2D eigenvalue weighted by Gasteiger charge is 2.35. The molecule has 0 saturated heterocycles. The molecule has 0 aliphatic heterocycles. The van der Waals surface area contributed by atoms with Gasteiger partial charge in [-0.05, 0) is 62.3 Å². The minimum absolute atomic E-state index is 0.103. The lowest BCUT2D eigenvalue weighted by molar-refractivity contribution is -0.137. The Balaban J connectivity index is 1.82. The molecule has 0 heterocycles. The average Bonchev–Trinajstić information content (AvgIpc) is 3.53. The number of nitrogens with zero attached hydrogens (tertiary/aromatic N) is 2. The number of nitrogens with one attached hydrogen (secondary N) is 1. The molecule has 0 unspecified atom stereocenters. The molecule has 148 valence electrons. The van der Waals surface area contributed by atoms with Crippen molar-refractivity contribution in [1.82, 2.24) is 4.90 Å². The monoisotopic (exact) mass is 371 g/mol. The standard InChI is InChI=1S/C22H33N3O2/c1-5-15(6-2)22(27)25(19-10-11-19)14-17-13-18(9-12-20(17)24(3)4)23-21(26)16-7-8-16/h9,12-13,15-16,19H,5-8,10-11,14H2,1-4H3,(H,23,26). The molecular weight excluding hydrogens is 338 g/mol. The van der Waals surface area contributed by atoms with Gasteiger partial charge in [0.1, 0.15) is 0 Å². The predicted molar refractivity (Wildman–Crippen MR) is 110 cm³/mol. The third-order valence-electron chi connectivity index (χ3n) is 5.72. The Morgan fingerprint density at radius 3 is 2.30 bits per heavy atom. The van der Waals surface area contributed by atoms with E-state index in [2.05, 4.69) is 29.0 Å². The summed E-state index contributed by atoms with van der Waals surface area (Å²) in [5, 5.41) is 3.04. The second kappa shape index (κ2) is 8.32. The van der Waals surface area contributed by atoms with Crippen molar-refractivity contribution < 1.29 is 9.59 Å². The van der Waals surface area contributed by atoms with Crippen LogP contribution in [0.3, 0.4) is 0 Å². The minimum Gasteiger partial charge on any atom is -0.377 e. The largest absolute Gasteiger partial charge is 0.377 e. The van der Waals surface area contributed by atoms with Crippen LogP contribution in [0.5, 0.6) is 0 Å². The van der Waals surface area contributed by atoms with E-state index < -0.39 is 0 Å². The van der Waals surface area contributed by atoms with Crippen LogP contribution in [0.4, 0.5) is 11.4 Å². The molecule has 5 heteroatoms. The van der Waals surface area contributed by atoms with Gasteiger partial charge < -0.3 is 15.1 Å². The van der Waals surface area contributed by atoms with Crippen LogP contribution in [0.1, 0.15) is 57.9 Å². The molecule has 2 saturated carbocycles. The van der Waals surface area contributed by atoms with Gasteiger partial charge in [-0.2, -0.15) is 0 Å². The molecule has 27 heavy (non-hydrogen) atoms. The van der Waals surface area contributed by atoms with Gasteiger partial charge >= 0.3 is 0 Å². The Bertz CT molecular complexity index is 689. The average molecular weight is 372 g/mol. The summed E-state index contributed by atoms with van der Waals surface area (Å²) in [5.74, 6) is 0.679. The van der Waals surface area contributed by atoms with E-state index in [1.165, 1.54) is 0 Å². The van der Waals surface area contributed by atoms with Crippen LogP contribution < -0.4 is 10.2 Å². The maximum absolute atomic E-state index is 13.1. The smallest absolute Gasteiger partial charge is 0.227 e. The van der Waals surface area contributed by atoms with Crippen molar-refractivity contribution in [2.75, 3.05) is 24.3 Å². The van der Waals surface area contributed by atoms with E-state index in [4.69, 9.17) is 0 Å². The van der Waals surface area contributed by atoms with Crippen molar-refractivity contribution in [3.05, 3.63) is 23.8 Å². The molecule has 2 aliphatic rings. The molecular formula is C22H33N3O2.